The Morgan fingerprint density at radius 3 is 3.05 bits per heavy atom. The van der Waals surface area contributed by atoms with Gasteiger partial charge in [0.1, 0.15) is 11.3 Å². The molecule has 0 unspecified atom stereocenters. The van der Waals surface area contributed by atoms with Crippen molar-refractivity contribution in [2.45, 2.75) is 6.42 Å². The third-order valence-corrected chi connectivity index (χ3v) is 3.43. The molecule has 5 heteroatoms. The lowest BCUT2D eigenvalue weighted by Gasteiger charge is -2.07. The first-order chi connectivity index (χ1) is 10.8. The fourth-order valence-corrected chi connectivity index (χ4v) is 2.25. The monoisotopic (exact) mass is 296 g/mol. The third-order valence-electron chi connectivity index (χ3n) is 3.43. The number of oxazole rings is 1. The molecular weight excluding hydrogens is 280 g/mol. The highest BCUT2D eigenvalue weighted by molar-refractivity contribution is 5.97. The number of fused-ring (bicyclic) bond motifs is 1. The van der Waals surface area contributed by atoms with E-state index in [-0.39, 0.29) is 5.91 Å². The molecule has 1 heterocycles. The van der Waals surface area contributed by atoms with Crippen molar-refractivity contribution in [1.82, 2.24) is 10.3 Å². The van der Waals surface area contributed by atoms with Crippen molar-refractivity contribution in [3.05, 3.63) is 60.0 Å². The lowest BCUT2D eigenvalue weighted by atomic mass is 10.1. The maximum absolute atomic E-state index is 12.1. The topological polar surface area (TPSA) is 64.4 Å². The van der Waals surface area contributed by atoms with Gasteiger partial charge < -0.3 is 14.5 Å². The Morgan fingerprint density at radius 2 is 2.18 bits per heavy atom. The summed E-state index contributed by atoms with van der Waals surface area (Å²) in [6, 6.07) is 13.0. The SMILES string of the molecule is COc1cccc(CCNC(=O)c2ccc3ocnc3c2)c1. The van der Waals surface area contributed by atoms with E-state index in [2.05, 4.69) is 10.3 Å². The molecule has 22 heavy (non-hydrogen) atoms. The zero-order valence-electron chi connectivity index (χ0n) is 12.2. The molecule has 3 aromatic rings. The van der Waals surface area contributed by atoms with Crippen LogP contribution in [-0.2, 0) is 6.42 Å². The molecule has 0 aliphatic heterocycles. The van der Waals surface area contributed by atoms with Crippen LogP contribution < -0.4 is 10.1 Å². The molecule has 5 nitrogen and oxygen atoms in total. The molecule has 1 aromatic heterocycles. The second-order valence-corrected chi connectivity index (χ2v) is 4.89. The van der Waals surface area contributed by atoms with E-state index in [0.29, 0.717) is 23.2 Å². The van der Waals surface area contributed by atoms with Crippen LogP contribution in [0, 0.1) is 0 Å². The van der Waals surface area contributed by atoms with Gasteiger partial charge in [-0.3, -0.25) is 4.79 Å². The first-order valence-electron chi connectivity index (χ1n) is 7.00. The van der Waals surface area contributed by atoms with Crippen molar-refractivity contribution in [2.24, 2.45) is 0 Å². The van der Waals surface area contributed by atoms with Crippen LogP contribution in [0.2, 0.25) is 0 Å². The molecule has 0 bridgehead atoms. The average Bonchev–Trinajstić information content (AvgIpc) is 3.02. The van der Waals surface area contributed by atoms with E-state index in [1.807, 2.05) is 24.3 Å². The summed E-state index contributed by atoms with van der Waals surface area (Å²) in [7, 11) is 1.64. The Balaban J connectivity index is 1.59. The van der Waals surface area contributed by atoms with Gasteiger partial charge in [0.25, 0.3) is 5.91 Å². The standard InChI is InChI=1S/C17H16N2O3/c1-21-14-4-2-3-12(9-14)7-8-18-17(20)13-5-6-16-15(10-13)19-11-22-16/h2-6,9-11H,7-8H2,1H3,(H,18,20). The maximum Gasteiger partial charge on any atom is 0.251 e. The van der Waals surface area contributed by atoms with E-state index < -0.39 is 0 Å². The van der Waals surface area contributed by atoms with E-state index in [0.717, 1.165) is 17.7 Å². The minimum absolute atomic E-state index is 0.118. The van der Waals surface area contributed by atoms with Gasteiger partial charge >= 0.3 is 0 Å². The highest BCUT2D eigenvalue weighted by Gasteiger charge is 2.07. The lowest BCUT2D eigenvalue weighted by Crippen LogP contribution is -2.25. The summed E-state index contributed by atoms with van der Waals surface area (Å²) in [6.45, 7) is 0.558. The van der Waals surface area contributed by atoms with Crippen LogP contribution in [0.15, 0.2) is 53.3 Å². The largest absolute Gasteiger partial charge is 0.497 e. The number of rotatable bonds is 5. The zero-order chi connectivity index (χ0) is 15.4. The number of nitrogens with one attached hydrogen (secondary N) is 1. The Bertz CT molecular complexity index is 795. The van der Waals surface area contributed by atoms with Gasteiger partial charge in [-0.25, -0.2) is 4.98 Å². The van der Waals surface area contributed by atoms with Gasteiger partial charge in [-0.2, -0.15) is 0 Å². The minimum atomic E-state index is -0.118. The summed E-state index contributed by atoms with van der Waals surface area (Å²) >= 11 is 0. The van der Waals surface area contributed by atoms with Crippen LogP contribution in [0.4, 0.5) is 0 Å². The average molecular weight is 296 g/mol. The second kappa shape index (κ2) is 6.30. The summed E-state index contributed by atoms with van der Waals surface area (Å²) < 4.78 is 10.3. The first-order valence-corrected chi connectivity index (χ1v) is 7.00. The normalized spacial score (nSPS) is 10.6. The van der Waals surface area contributed by atoms with Crippen LogP contribution >= 0.6 is 0 Å². The fraction of sp³-hybridized carbons (Fsp3) is 0.176. The Morgan fingerprint density at radius 1 is 1.27 bits per heavy atom. The molecule has 0 aliphatic carbocycles. The quantitative estimate of drug-likeness (QED) is 0.786. The van der Waals surface area contributed by atoms with Crippen LogP contribution in [0.3, 0.4) is 0 Å². The van der Waals surface area contributed by atoms with Crippen molar-refractivity contribution in [3.63, 3.8) is 0 Å². The van der Waals surface area contributed by atoms with E-state index in [9.17, 15) is 4.79 Å². The molecule has 0 spiro atoms. The predicted octanol–water partition coefficient (Wildman–Crippen LogP) is 2.81. The van der Waals surface area contributed by atoms with Crippen molar-refractivity contribution in [1.29, 1.82) is 0 Å². The van der Waals surface area contributed by atoms with Gasteiger partial charge in [-0.15, -0.1) is 0 Å². The van der Waals surface area contributed by atoms with Crippen molar-refractivity contribution in [2.75, 3.05) is 13.7 Å². The second-order valence-electron chi connectivity index (χ2n) is 4.89. The molecule has 3 rings (SSSR count). The number of methoxy groups -OCH3 is 1. The molecule has 0 aliphatic rings. The van der Waals surface area contributed by atoms with Crippen molar-refractivity contribution >= 4 is 17.0 Å². The smallest absolute Gasteiger partial charge is 0.251 e. The van der Waals surface area contributed by atoms with Crippen LogP contribution in [0.5, 0.6) is 5.75 Å². The van der Waals surface area contributed by atoms with Gasteiger partial charge in [0.15, 0.2) is 12.0 Å². The molecule has 0 fully saturated rings. The van der Waals surface area contributed by atoms with Gasteiger partial charge in [0, 0.05) is 12.1 Å². The summed E-state index contributed by atoms with van der Waals surface area (Å²) in [6.07, 6.45) is 2.12. The number of carbonyl (C=O) groups is 1. The predicted molar refractivity (Wildman–Crippen MR) is 83.0 cm³/mol. The minimum Gasteiger partial charge on any atom is -0.497 e. The number of hydrogen-bond acceptors (Lipinski definition) is 4. The molecule has 0 radical (unpaired) electrons. The Hall–Kier alpha value is -2.82. The molecular formula is C17H16N2O3. The lowest BCUT2D eigenvalue weighted by molar-refractivity contribution is 0.0954. The summed E-state index contributed by atoms with van der Waals surface area (Å²) in [5, 5.41) is 2.90. The number of benzene rings is 2. The van der Waals surface area contributed by atoms with Crippen molar-refractivity contribution < 1.29 is 13.9 Å². The summed E-state index contributed by atoms with van der Waals surface area (Å²) in [5.74, 6) is 0.702. The van der Waals surface area contributed by atoms with Crippen LogP contribution in [0.1, 0.15) is 15.9 Å². The van der Waals surface area contributed by atoms with E-state index in [4.69, 9.17) is 9.15 Å². The summed E-state index contributed by atoms with van der Waals surface area (Å²) in [5.41, 5.74) is 3.05. The number of carbonyl (C=O) groups excluding carboxylic acids is 1. The summed E-state index contributed by atoms with van der Waals surface area (Å²) in [4.78, 5) is 16.2. The van der Waals surface area contributed by atoms with Crippen LogP contribution in [0.25, 0.3) is 11.1 Å². The third kappa shape index (κ3) is 3.09. The number of amides is 1. The van der Waals surface area contributed by atoms with E-state index >= 15 is 0 Å². The maximum atomic E-state index is 12.1. The van der Waals surface area contributed by atoms with Gasteiger partial charge in [-0.1, -0.05) is 12.1 Å². The molecule has 0 saturated heterocycles. The van der Waals surface area contributed by atoms with E-state index in [1.54, 1.807) is 25.3 Å². The first kappa shape index (κ1) is 14.1. The molecule has 0 saturated carbocycles. The number of hydrogen-bond donors (Lipinski definition) is 1. The number of nitrogens with zero attached hydrogens (tertiary/aromatic N) is 1. The molecule has 2 aromatic carbocycles. The van der Waals surface area contributed by atoms with Gasteiger partial charge in [0.05, 0.1) is 7.11 Å². The number of aromatic nitrogens is 1. The molecule has 1 N–H and O–H groups in total. The Labute approximate surface area is 127 Å². The zero-order valence-corrected chi connectivity index (χ0v) is 12.2. The van der Waals surface area contributed by atoms with Crippen LogP contribution in [-0.4, -0.2) is 24.5 Å². The Kier molecular flexibility index (Phi) is 4.05. The fourth-order valence-electron chi connectivity index (χ4n) is 2.25. The van der Waals surface area contributed by atoms with Gasteiger partial charge in [0.2, 0.25) is 0 Å². The molecule has 0 atom stereocenters. The van der Waals surface area contributed by atoms with Crippen molar-refractivity contribution in [3.8, 4) is 5.75 Å². The highest BCUT2D eigenvalue weighted by Crippen LogP contribution is 2.14. The molecule has 112 valence electrons. The van der Waals surface area contributed by atoms with Gasteiger partial charge in [-0.05, 0) is 42.3 Å². The highest BCUT2D eigenvalue weighted by atomic mass is 16.5. The number of ether oxygens (including phenoxy) is 1. The van der Waals surface area contributed by atoms with E-state index in [1.165, 1.54) is 6.39 Å². The molecule has 1 amide bonds.